The van der Waals surface area contributed by atoms with Crippen molar-refractivity contribution < 1.29 is 9.21 Å². The second-order valence-corrected chi connectivity index (χ2v) is 6.88. The topological polar surface area (TPSA) is 60.1 Å². The van der Waals surface area contributed by atoms with Crippen LogP contribution in [0.4, 0.5) is 0 Å². The van der Waals surface area contributed by atoms with Crippen LogP contribution in [0.25, 0.3) is 5.69 Å². The van der Waals surface area contributed by atoms with Crippen LogP contribution in [-0.2, 0) is 11.2 Å². The number of carbonyl (C=O) groups is 1. The Balaban J connectivity index is 1.24. The fourth-order valence-electron chi connectivity index (χ4n) is 3.38. The predicted molar refractivity (Wildman–Crippen MR) is 99.2 cm³/mol. The molecular weight excluding hydrogens is 326 g/mol. The van der Waals surface area contributed by atoms with Gasteiger partial charge in [-0.05, 0) is 56.0 Å². The van der Waals surface area contributed by atoms with E-state index in [1.165, 1.54) is 5.56 Å². The summed E-state index contributed by atoms with van der Waals surface area (Å²) in [5, 5.41) is 7.65. The fourth-order valence-corrected chi connectivity index (χ4v) is 3.38. The zero-order valence-corrected chi connectivity index (χ0v) is 14.9. The molecule has 2 aromatic heterocycles. The number of rotatable bonds is 7. The monoisotopic (exact) mass is 349 g/mol. The molecule has 0 saturated heterocycles. The third kappa shape index (κ3) is 3.57. The van der Waals surface area contributed by atoms with E-state index in [1.807, 2.05) is 54.1 Å². The number of hydrogen-bond acceptors (Lipinski definition) is 3. The Kier molecular flexibility index (Phi) is 4.61. The second kappa shape index (κ2) is 7.20. The number of para-hydroxylation sites is 1. The molecule has 5 nitrogen and oxygen atoms in total. The molecule has 134 valence electrons. The maximum Gasteiger partial charge on any atom is 0.223 e. The molecule has 1 fully saturated rings. The lowest BCUT2D eigenvalue weighted by Gasteiger charge is -2.04. The Labute approximate surface area is 153 Å². The predicted octanol–water partition coefficient (Wildman–Crippen LogP) is 3.63. The minimum atomic E-state index is 0.0729. The van der Waals surface area contributed by atoms with Crippen molar-refractivity contribution in [3.63, 3.8) is 0 Å². The Bertz CT molecular complexity index is 868. The van der Waals surface area contributed by atoms with E-state index in [1.54, 1.807) is 6.26 Å². The van der Waals surface area contributed by atoms with E-state index >= 15 is 0 Å². The van der Waals surface area contributed by atoms with Gasteiger partial charge in [0.2, 0.25) is 5.91 Å². The van der Waals surface area contributed by atoms with Crippen molar-refractivity contribution in [2.75, 3.05) is 6.54 Å². The van der Waals surface area contributed by atoms with E-state index in [0.717, 1.165) is 36.4 Å². The van der Waals surface area contributed by atoms with Gasteiger partial charge in [-0.15, -0.1) is 0 Å². The molecule has 2 atom stereocenters. The smallest absolute Gasteiger partial charge is 0.223 e. The SMILES string of the molecule is Cc1nn(-c2ccccc2)cc1CCCNC(=O)[C@H]1C[C@@H]1c1ccco1. The first kappa shape index (κ1) is 16.6. The molecule has 4 rings (SSSR count). The molecule has 1 aliphatic carbocycles. The van der Waals surface area contributed by atoms with Crippen molar-refractivity contribution in [3.8, 4) is 5.69 Å². The van der Waals surface area contributed by atoms with Crippen LogP contribution in [0.2, 0.25) is 0 Å². The number of aromatic nitrogens is 2. The van der Waals surface area contributed by atoms with Crippen molar-refractivity contribution in [1.29, 1.82) is 0 Å². The van der Waals surface area contributed by atoms with Gasteiger partial charge < -0.3 is 9.73 Å². The summed E-state index contributed by atoms with van der Waals surface area (Å²) < 4.78 is 7.30. The molecule has 1 amide bonds. The molecule has 2 heterocycles. The van der Waals surface area contributed by atoms with E-state index in [2.05, 4.69) is 16.6 Å². The third-order valence-electron chi connectivity index (χ3n) is 4.98. The largest absolute Gasteiger partial charge is 0.469 e. The molecule has 5 heteroatoms. The number of carbonyl (C=O) groups excluding carboxylic acids is 1. The summed E-state index contributed by atoms with van der Waals surface area (Å²) in [5.41, 5.74) is 3.33. The Morgan fingerprint density at radius 2 is 2.12 bits per heavy atom. The summed E-state index contributed by atoms with van der Waals surface area (Å²) in [7, 11) is 0. The number of amides is 1. The fraction of sp³-hybridized carbons (Fsp3) is 0.333. The minimum Gasteiger partial charge on any atom is -0.469 e. The molecule has 3 aromatic rings. The van der Waals surface area contributed by atoms with Crippen molar-refractivity contribution in [1.82, 2.24) is 15.1 Å². The van der Waals surface area contributed by atoms with Crippen molar-refractivity contribution in [3.05, 3.63) is 71.9 Å². The molecule has 0 spiro atoms. The molecule has 1 saturated carbocycles. The van der Waals surface area contributed by atoms with Crippen LogP contribution in [0.3, 0.4) is 0 Å². The molecule has 0 bridgehead atoms. The van der Waals surface area contributed by atoms with Gasteiger partial charge in [-0.2, -0.15) is 5.10 Å². The summed E-state index contributed by atoms with van der Waals surface area (Å²) in [4.78, 5) is 12.2. The molecule has 0 aliphatic heterocycles. The number of aryl methyl sites for hydroxylation is 2. The lowest BCUT2D eigenvalue weighted by atomic mass is 10.1. The average Bonchev–Trinajstić information content (AvgIpc) is 3.10. The Morgan fingerprint density at radius 3 is 2.88 bits per heavy atom. The maximum atomic E-state index is 12.2. The van der Waals surface area contributed by atoms with Gasteiger partial charge in [-0.1, -0.05) is 18.2 Å². The quantitative estimate of drug-likeness (QED) is 0.663. The van der Waals surface area contributed by atoms with E-state index in [-0.39, 0.29) is 17.7 Å². The number of furan rings is 1. The first-order valence-electron chi connectivity index (χ1n) is 9.14. The Morgan fingerprint density at radius 1 is 1.27 bits per heavy atom. The van der Waals surface area contributed by atoms with Gasteiger partial charge in [0.25, 0.3) is 0 Å². The van der Waals surface area contributed by atoms with Crippen LogP contribution in [0.1, 0.15) is 35.8 Å². The number of benzene rings is 1. The highest BCUT2D eigenvalue weighted by Crippen LogP contribution is 2.47. The van der Waals surface area contributed by atoms with Crippen molar-refractivity contribution in [2.24, 2.45) is 5.92 Å². The van der Waals surface area contributed by atoms with Gasteiger partial charge >= 0.3 is 0 Å². The summed E-state index contributed by atoms with van der Waals surface area (Å²) in [6.45, 7) is 2.72. The van der Waals surface area contributed by atoms with Gasteiger partial charge in [-0.3, -0.25) is 4.79 Å². The van der Waals surface area contributed by atoms with Crippen LogP contribution in [0.15, 0.2) is 59.3 Å². The van der Waals surface area contributed by atoms with Crippen molar-refractivity contribution >= 4 is 5.91 Å². The van der Waals surface area contributed by atoms with Crippen LogP contribution >= 0.6 is 0 Å². The van der Waals surface area contributed by atoms with Crippen LogP contribution in [-0.4, -0.2) is 22.2 Å². The highest BCUT2D eigenvalue weighted by molar-refractivity contribution is 5.82. The number of nitrogens with zero attached hydrogens (tertiary/aromatic N) is 2. The van der Waals surface area contributed by atoms with E-state index in [0.29, 0.717) is 6.54 Å². The molecule has 26 heavy (non-hydrogen) atoms. The maximum absolute atomic E-state index is 12.2. The summed E-state index contributed by atoms with van der Waals surface area (Å²) in [5.74, 6) is 1.40. The van der Waals surface area contributed by atoms with Gasteiger partial charge in [0.1, 0.15) is 5.76 Å². The summed E-state index contributed by atoms with van der Waals surface area (Å²) >= 11 is 0. The van der Waals surface area contributed by atoms with E-state index in [9.17, 15) is 4.79 Å². The normalized spacial score (nSPS) is 18.7. The highest BCUT2D eigenvalue weighted by Gasteiger charge is 2.45. The minimum absolute atomic E-state index is 0.0729. The van der Waals surface area contributed by atoms with Crippen LogP contribution in [0.5, 0.6) is 0 Å². The molecule has 1 N–H and O–H groups in total. The average molecular weight is 349 g/mol. The van der Waals surface area contributed by atoms with Crippen LogP contribution in [0, 0.1) is 12.8 Å². The third-order valence-corrected chi connectivity index (χ3v) is 4.98. The first-order valence-corrected chi connectivity index (χ1v) is 9.14. The summed E-state index contributed by atoms with van der Waals surface area (Å²) in [6.07, 6.45) is 6.46. The van der Waals surface area contributed by atoms with E-state index in [4.69, 9.17) is 4.42 Å². The first-order chi connectivity index (χ1) is 12.7. The van der Waals surface area contributed by atoms with Crippen molar-refractivity contribution in [2.45, 2.75) is 32.1 Å². The lowest BCUT2D eigenvalue weighted by molar-refractivity contribution is -0.122. The van der Waals surface area contributed by atoms with Gasteiger partial charge in [0, 0.05) is 24.6 Å². The van der Waals surface area contributed by atoms with Gasteiger partial charge in [0.05, 0.1) is 17.6 Å². The molecule has 1 aromatic carbocycles. The number of nitrogens with one attached hydrogen (secondary N) is 1. The number of hydrogen-bond donors (Lipinski definition) is 1. The molecule has 0 unspecified atom stereocenters. The second-order valence-electron chi connectivity index (χ2n) is 6.88. The van der Waals surface area contributed by atoms with Gasteiger partial charge in [0.15, 0.2) is 0 Å². The zero-order valence-electron chi connectivity index (χ0n) is 14.9. The lowest BCUT2D eigenvalue weighted by Crippen LogP contribution is -2.26. The zero-order chi connectivity index (χ0) is 17.9. The Hall–Kier alpha value is -2.82. The summed E-state index contributed by atoms with van der Waals surface area (Å²) in [6, 6.07) is 13.9. The molecule has 0 radical (unpaired) electrons. The van der Waals surface area contributed by atoms with E-state index < -0.39 is 0 Å². The van der Waals surface area contributed by atoms with Crippen LogP contribution < -0.4 is 5.32 Å². The highest BCUT2D eigenvalue weighted by atomic mass is 16.3. The standard InChI is InChI=1S/C21H23N3O2/c1-15-16(14-24(23-15)17-8-3-2-4-9-17)7-5-11-22-21(25)19-13-18(19)20-10-6-12-26-20/h2-4,6,8-10,12,14,18-19H,5,7,11,13H2,1H3,(H,22,25)/t18-,19-/m0/s1. The van der Waals surface area contributed by atoms with Gasteiger partial charge in [-0.25, -0.2) is 4.68 Å². The molecule has 1 aliphatic rings. The molecular formula is C21H23N3O2.